The van der Waals surface area contributed by atoms with Crippen molar-refractivity contribution in [3.8, 4) is 17.0 Å². The van der Waals surface area contributed by atoms with Crippen molar-refractivity contribution in [1.29, 1.82) is 0 Å². The van der Waals surface area contributed by atoms with E-state index in [4.69, 9.17) is 4.98 Å². The molecule has 0 bridgehead atoms. The third kappa shape index (κ3) is 4.50. The minimum atomic E-state index is -0.252. The number of pyridine rings is 1. The van der Waals surface area contributed by atoms with Crippen LogP contribution in [-0.4, -0.2) is 35.0 Å². The Morgan fingerprint density at radius 1 is 1.09 bits per heavy atom. The maximum atomic E-state index is 12.7. The SMILES string of the molecule is C=C(C)C1C=CC(I)=C(c2ccc(-c3cc(C(=O)N(C)C)c(O)c4ccccc34)nc2)C=C1. The number of phenols is 1. The largest absolute Gasteiger partial charge is 0.506 e. The quantitative estimate of drug-likeness (QED) is 0.289. The van der Waals surface area contributed by atoms with Gasteiger partial charge in [-0.2, -0.15) is 0 Å². The predicted molar refractivity (Wildman–Crippen MR) is 144 cm³/mol. The summed E-state index contributed by atoms with van der Waals surface area (Å²) in [5, 5.41) is 12.3. The molecule has 1 atom stereocenters. The Kier molecular flexibility index (Phi) is 6.51. The maximum absolute atomic E-state index is 12.7. The number of amides is 1. The standard InChI is InChI=1S/C28H25IN2O2/c1-17(2)18-9-12-20(25(29)13-10-18)19-11-14-26(30-16-19)23-15-24(28(33)31(3)4)27(32)22-8-6-5-7-21(22)23/h5-16,18,32H,1H2,2-4H3. The van der Waals surface area contributed by atoms with Crippen molar-refractivity contribution < 1.29 is 9.90 Å². The number of aromatic hydroxyl groups is 1. The minimum absolute atomic E-state index is 0.00757. The van der Waals surface area contributed by atoms with Crippen LogP contribution in [0.1, 0.15) is 22.8 Å². The van der Waals surface area contributed by atoms with E-state index in [9.17, 15) is 9.90 Å². The van der Waals surface area contributed by atoms with E-state index in [0.29, 0.717) is 5.39 Å². The number of rotatable bonds is 4. The molecule has 33 heavy (non-hydrogen) atoms. The summed E-state index contributed by atoms with van der Waals surface area (Å²) >= 11 is 2.35. The molecule has 3 aromatic rings. The third-order valence-electron chi connectivity index (χ3n) is 5.75. The summed E-state index contributed by atoms with van der Waals surface area (Å²) in [6, 6.07) is 13.3. The van der Waals surface area contributed by atoms with E-state index in [1.807, 2.05) is 49.5 Å². The zero-order valence-corrected chi connectivity index (χ0v) is 21.0. The van der Waals surface area contributed by atoms with Crippen LogP contribution in [0, 0.1) is 5.92 Å². The lowest BCUT2D eigenvalue weighted by Crippen LogP contribution is -2.21. The molecule has 5 heteroatoms. The molecule has 4 rings (SSSR count). The van der Waals surface area contributed by atoms with Gasteiger partial charge < -0.3 is 10.0 Å². The zero-order chi connectivity index (χ0) is 23.7. The van der Waals surface area contributed by atoms with Gasteiger partial charge in [-0.15, -0.1) is 0 Å². The summed E-state index contributed by atoms with van der Waals surface area (Å²) in [5.74, 6) is -0.0411. The Hall–Kier alpha value is -3.19. The van der Waals surface area contributed by atoms with Gasteiger partial charge in [0.15, 0.2) is 0 Å². The topological polar surface area (TPSA) is 53.4 Å². The number of carbonyl (C=O) groups excluding carboxylic acids is 1. The average molecular weight is 548 g/mol. The lowest BCUT2D eigenvalue weighted by atomic mass is 9.96. The highest BCUT2D eigenvalue weighted by Crippen LogP contribution is 2.37. The lowest BCUT2D eigenvalue weighted by Gasteiger charge is -2.16. The molecular weight excluding hydrogens is 523 g/mol. The van der Waals surface area contributed by atoms with Crippen LogP contribution in [0.4, 0.5) is 0 Å². The van der Waals surface area contributed by atoms with Crippen LogP contribution in [-0.2, 0) is 0 Å². The second-order valence-corrected chi connectivity index (χ2v) is 9.51. The van der Waals surface area contributed by atoms with E-state index in [1.54, 1.807) is 20.2 Å². The Morgan fingerprint density at radius 3 is 2.42 bits per heavy atom. The van der Waals surface area contributed by atoms with Crippen molar-refractivity contribution >= 4 is 44.8 Å². The lowest BCUT2D eigenvalue weighted by molar-refractivity contribution is 0.0825. The van der Waals surface area contributed by atoms with Crippen molar-refractivity contribution in [2.45, 2.75) is 6.92 Å². The van der Waals surface area contributed by atoms with E-state index >= 15 is 0 Å². The van der Waals surface area contributed by atoms with Crippen LogP contribution in [0.25, 0.3) is 27.6 Å². The summed E-state index contributed by atoms with van der Waals surface area (Å²) in [6.45, 7) is 6.10. The molecule has 0 saturated heterocycles. The number of fused-ring (bicyclic) bond motifs is 1. The Bertz CT molecular complexity index is 1350. The van der Waals surface area contributed by atoms with Gasteiger partial charge in [-0.1, -0.05) is 66.8 Å². The van der Waals surface area contributed by atoms with Crippen LogP contribution in [0.2, 0.25) is 0 Å². The number of hydrogen-bond donors (Lipinski definition) is 1. The molecule has 0 radical (unpaired) electrons. The number of carbonyl (C=O) groups is 1. The zero-order valence-electron chi connectivity index (χ0n) is 18.8. The predicted octanol–water partition coefficient (Wildman–Crippen LogP) is 6.77. The van der Waals surface area contributed by atoms with Crippen LogP contribution in [0.5, 0.6) is 5.75 Å². The van der Waals surface area contributed by atoms with Gasteiger partial charge in [0.1, 0.15) is 5.75 Å². The second-order valence-electron chi connectivity index (χ2n) is 8.35. The van der Waals surface area contributed by atoms with Crippen molar-refractivity contribution in [3.63, 3.8) is 0 Å². The summed E-state index contributed by atoms with van der Waals surface area (Å²) in [5.41, 5.74) is 5.03. The molecule has 1 aromatic heterocycles. The molecular formula is C28H25IN2O2. The highest BCUT2D eigenvalue weighted by atomic mass is 127. The van der Waals surface area contributed by atoms with E-state index < -0.39 is 0 Å². The number of phenolic OH excluding ortho intramolecular Hbond substituents is 1. The van der Waals surface area contributed by atoms with Crippen molar-refractivity contribution in [2.75, 3.05) is 14.1 Å². The van der Waals surface area contributed by atoms with Crippen LogP contribution in [0.15, 0.2) is 88.7 Å². The van der Waals surface area contributed by atoms with Gasteiger partial charge in [-0.25, -0.2) is 0 Å². The first kappa shape index (κ1) is 23.0. The van der Waals surface area contributed by atoms with Crippen LogP contribution < -0.4 is 0 Å². The number of aromatic nitrogens is 1. The number of halogens is 1. The first-order chi connectivity index (χ1) is 15.8. The monoisotopic (exact) mass is 548 g/mol. The van der Waals surface area contributed by atoms with Crippen LogP contribution in [0.3, 0.4) is 0 Å². The van der Waals surface area contributed by atoms with Crippen LogP contribution >= 0.6 is 22.6 Å². The molecule has 1 amide bonds. The molecule has 1 unspecified atom stereocenters. The Balaban J connectivity index is 1.80. The fourth-order valence-corrected chi connectivity index (χ4v) is 4.57. The smallest absolute Gasteiger partial charge is 0.257 e. The van der Waals surface area contributed by atoms with Gasteiger partial charge >= 0.3 is 0 Å². The van der Waals surface area contributed by atoms with Crippen molar-refractivity contribution in [3.05, 3.63) is 99.8 Å². The molecule has 0 aliphatic heterocycles. The molecule has 1 aliphatic rings. The summed E-state index contributed by atoms with van der Waals surface area (Å²) in [6.07, 6.45) is 10.4. The second kappa shape index (κ2) is 9.35. The van der Waals surface area contributed by atoms with Crippen molar-refractivity contribution in [2.24, 2.45) is 5.92 Å². The Labute approximate surface area is 207 Å². The average Bonchev–Trinajstić information content (AvgIpc) is 3.01. The molecule has 0 spiro atoms. The van der Waals surface area contributed by atoms with Gasteiger partial charge in [-0.3, -0.25) is 9.78 Å². The maximum Gasteiger partial charge on any atom is 0.257 e. The first-order valence-corrected chi connectivity index (χ1v) is 11.7. The molecule has 1 heterocycles. The third-order valence-corrected chi connectivity index (χ3v) is 6.69. The van der Waals surface area contributed by atoms with Crippen molar-refractivity contribution in [1.82, 2.24) is 9.88 Å². The minimum Gasteiger partial charge on any atom is -0.506 e. The van der Waals surface area contributed by atoms with E-state index in [-0.39, 0.29) is 23.1 Å². The fourth-order valence-electron chi connectivity index (χ4n) is 3.87. The van der Waals surface area contributed by atoms with Gasteiger partial charge in [-0.05, 0) is 52.6 Å². The highest BCUT2D eigenvalue weighted by molar-refractivity contribution is 14.1. The van der Waals surface area contributed by atoms with Gasteiger partial charge in [0.2, 0.25) is 0 Å². The molecule has 4 nitrogen and oxygen atoms in total. The normalized spacial score (nSPS) is 15.6. The van der Waals surface area contributed by atoms with E-state index in [2.05, 4.69) is 53.5 Å². The fraction of sp³-hybridized carbons (Fsp3) is 0.143. The number of nitrogens with zero attached hydrogens (tertiary/aromatic N) is 2. The number of allylic oxidation sites excluding steroid dienone is 7. The highest BCUT2D eigenvalue weighted by Gasteiger charge is 2.20. The molecule has 166 valence electrons. The summed E-state index contributed by atoms with van der Waals surface area (Å²) < 4.78 is 1.14. The van der Waals surface area contributed by atoms with Gasteiger partial charge in [0.05, 0.1) is 11.3 Å². The molecule has 0 saturated carbocycles. The molecule has 1 aliphatic carbocycles. The Morgan fingerprint density at radius 2 is 1.79 bits per heavy atom. The molecule has 2 aromatic carbocycles. The first-order valence-electron chi connectivity index (χ1n) is 10.6. The summed E-state index contributed by atoms with van der Waals surface area (Å²) in [4.78, 5) is 18.9. The van der Waals surface area contributed by atoms with E-state index in [0.717, 1.165) is 36.9 Å². The van der Waals surface area contributed by atoms with Gasteiger partial charge in [0, 0.05) is 46.3 Å². The van der Waals surface area contributed by atoms with E-state index in [1.165, 1.54) is 4.90 Å². The molecule has 1 N–H and O–H groups in total. The number of hydrogen-bond acceptors (Lipinski definition) is 3. The molecule has 0 fully saturated rings. The van der Waals surface area contributed by atoms with Gasteiger partial charge in [0.25, 0.3) is 5.91 Å². The number of benzene rings is 2. The summed E-state index contributed by atoms with van der Waals surface area (Å²) in [7, 11) is 3.35.